The van der Waals surface area contributed by atoms with Crippen LogP contribution in [0.2, 0.25) is 0 Å². The van der Waals surface area contributed by atoms with E-state index in [1.165, 1.54) is 10.6 Å². The highest BCUT2D eigenvalue weighted by atomic mass is 19.1. The van der Waals surface area contributed by atoms with Crippen LogP contribution in [0.1, 0.15) is 68.3 Å². The maximum atomic E-state index is 14.9. The summed E-state index contributed by atoms with van der Waals surface area (Å²) in [5.74, 6) is -1.74. The summed E-state index contributed by atoms with van der Waals surface area (Å²) in [6.45, 7) is -2.71. The molecule has 0 radical (unpaired) electrons. The number of likely N-dealkylation sites (tertiary alicyclic amines) is 1. The fourth-order valence-electron chi connectivity index (χ4n) is 9.08. The van der Waals surface area contributed by atoms with Gasteiger partial charge in [-0.15, -0.1) is 0 Å². The first kappa shape index (κ1) is 32.0. The lowest BCUT2D eigenvalue weighted by atomic mass is 9.75. The first-order chi connectivity index (χ1) is 21.6. The number of fused-ring (bicyclic) bond motifs is 3. The summed E-state index contributed by atoms with van der Waals surface area (Å²) in [6, 6.07) is 5.29. The van der Waals surface area contributed by atoms with Gasteiger partial charge in [0.05, 0.1) is 24.1 Å². The summed E-state index contributed by atoms with van der Waals surface area (Å²) in [5, 5.41) is 0.514. The van der Waals surface area contributed by atoms with Crippen molar-refractivity contribution >= 4 is 34.4 Å². The van der Waals surface area contributed by atoms with E-state index in [2.05, 4.69) is 0 Å². The van der Waals surface area contributed by atoms with E-state index in [0.717, 1.165) is 25.7 Å². The molecule has 4 aliphatic rings. The second kappa shape index (κ2) is 12.3. The molecule has 45 heavy (non-hydrogen) atoms. The minimum Gasteiger partial charge on any atom is -0.428 e. The highest BCUT2D eigenvalue weighted by molar-refractivity contribution is 6.02. The third-order valence-electron chi connectivity index (χ3n) is 11.5. The van der Waals surface area contributed by atoms with Gasteiger partial charge in [0.15, 0.2) is 19.4 Å². The number of quaternary nitrogens is 1. The summed E-state index contributed by atoms with van der Waals surface area (Å²) in [4.78, 5) is 41.1. The van der Waals surface area contributed by atoms with E-state index in [4.69, 9.17) is 20.9 Å². The lowest BCUT2D eigenvalue weighted by Gasteiger charge is -2.42. The summed E-state index contributed by atoms with van der Waals surface area (Å²) in [6.07, 6.45) is 6.61. The van der Waals surface area contributed by atoms with Gasteiger partial charge in [-0.3, -0.25) is 9.36 Å². The summed E-state index contributed by atoms with van der Waals surface area (Å²) >= 11 is 0. The molecule has 0 unspecified atom stereocenters. The van der Waals surface area contributed by atoms with Crippen LogP contribution in [0.3, 0.4) is 0 Å². The van der Waals surface area contributed by atoms with Crippen molar-refractivity contribution < 1.29 is 37.0 Å². The average molecular weight is 634 g/mol. The monoisotopic (exact) mass is 633 g/mol. The fraction of sp³-hybridized carbons (Fsp3) is 0.667. The van der Waals surface area contributed by atoms with Gasteiger partial charge in [0, 0.05) is 43.0 Å². The Hall–Kier alpha value is -2.96. The van der Waals surface area contributed by atoms with E-state index < -0.39 is 49.7 Å². The molecule has 4 atom stereocenters. The third kappa shape index (κ3) is 5.07. The van der Waals surface area contributed by atoms with Crippen LogP contribution in [0.4, 0.5) is 18.9 Å². The van der Waals surface area contributed by atoms with E-state index in [1.807, 2.05) is 0 Å². The van der Waals surface area contributed by atoms with Crippen LogP contribution in [0, 0.1) is 23.7 Å². The SMILES string of the molecule is COC1CCC([C@@H]2CC[N@+](c3ccc4c(c3)cc3n4C(CF)(CF)OC3=O)(C(=O)[C@H]3CC[C@H]([C@H](N)CF)CC3)[C@@H]2C(N)=O)CC1. The second-order valence-electron chi connectivity index (χ2n) is 13.6. The van der Waals surface area contributed by atoms with Crippen molar-refractivity contribution in [3.8, 4) is 0 Å². The number of aromatic nitrogens is 1. The lowest BCUT2D eigenvalue weighted by Crippen LogP contribution is -2.65. The standard InChI is InChI=1S/C33H43F3N4O5/c1-44-24-9-6-19(7-10-24)25-12-13-40(29(25)30(38)41,31(42)21-4-2-20(3-5-21)26(37)16-34)23-8-11-27-22(14-23)15-28-32(43)45-33(17-35,18-36)39(27)28/h8,11,14-15,19-21,24-26,29H,2-7,9-10,12-13,16-18,37H2,1H3,(H-,38,41)/p+1/t19?,20-,21-,24?,25-,26+,29-,40+/m0/s1. The van der Waals surface area contributed by atoms with Crippen molar-refractivity contribution in [2.24, 2.45) is 35.1 Å². The molecule has 246 valence electrons. The Kier molecular flexibility index (Phi) is 8.77. The molecule has 2 aromatic rings. The van der Waals surface area contributed by atoms with Gasteiger partial charge in [-0.05, 0) is 75.3 Å². The Morgan fingerprint density at radius 2 is 1.73 bits per heavy atom. The molecule has 4 N–H and O–H groups in total. The molecule has 1 aromatic heterocycles. The number of hydrogen-bond acceptors (Lipinski definition) is 6. The summed E-state index contributed by atoms with van der Waals surface area (Å²) in [5.41, 5.74) is 11.1. The number of primary amides is 1. The zero-order valence-electron chi connectivity index (χ0n) is 25.8. The maximum absolute atomic E-state index is 14.9. The molecular formula is C33H44F3N4O5+. The third-order valence-corrected chi connectivity index (χ3v) is 11.5. The van der Waals surface area contributed by atoms with Crippen molar-refractivity contribution in [1.29, 1.82) is 0 Å². The van der Waals surface area contributed by atoms with Gasteiger partial charge in [-0.2, -0.15) is 0 Å². The quantitative estimate of drug-likeness (QED) is 0.311. The van der Waals surface area contributed by atoms with Crippen molar-refractivity contribution in [2.45, 2.75) is 81.7 Å². The largest absolute Gasteiger partial charge is 0.428 e. The molecule has 2 aliphatic carbocycles. The molecule has 2 aliphatic heterocycles. The number of esters is 1. The summed E-state index contributed by atoms with van der Waals surface area (Å²) < 4.78 is 53.3. The number of benzene rings is 1. The Morgan fingerprint density at radius 3 is 2.33 bits per heavy atom. The number of methoxy groups -OCH3 is 1. The van der Waals surface area contributed by atoms with Crippen LogP contribution in [-0.2, 0) is 24.8 Å². The zero-order valence-corrected chi connectivity index (χ0v) is 25.8. The predicted molar refractivity (Wildman–Crippen MR) is 162 cm³/mol. The molecule has 1 saturated heterocycles. The van der Waals surface area contributed by atoms with E-state index in [9.17, 15) is 27.6 Å². The van der Waals surface area contributed by atoms with Crippen LogP contribution in [-0.4, -0.2) is 74.2 Å². The first-order valence-corrected chi connectivity index (χ1v) is 16.2. The number of rotatable bonds is 9. The Morgan fingerprint density at radius 1 is 1.04 bits per heavy atom. The highest BCUT2D eigenvalue weighted by Gasteiger charge is 2.61. The number of amides is 2. The van der Waals surface area contributed by atoms with Crippen molar-refractivity contribution in [3.63, 3.8) is 0 Å². The van der Waals surface area contributed by atoms with E-state index in [-0.39, 0.29) is 45.9 Å². The van der Waals surface area contributed by atoms with Crippen LogP contribution >= 0.6 is 0 Å². The number of ether oxygens (including phenoxy) is 2. The van der Waals surface area contributed by atoms with Crippen LogP contribution in [0.25, 0.3) is 10.9 Å². The van der Waals surface area contributed by atoms with Crippen LogP contribution in [0.15, 0.2) is 24.3 Å². The van der Waals surface area contributed by atoms with E-state index >= 15 is 0 Å². The van der Waals surface area contributed by atoms with Gasteiger partial charge < -0.3 is 20.9 Å². The topological polar surface area (TPSA) is 127 Å². The van der Waals surface area contributed by atoms with Crippen molar-refractivity contribution in [3.05, 3.63) is 30.0 Å². The summed E-state index contributed by atoms with van der Waals surface area (Å²) in [7, 11) is 1.71. The van der Waals surface area contributed by atoms with Crippen molar-refractivity contribution in [2.75, 3.05) is 33.7 Å². The van der Waals surface area contributed by atoms with E-state index in [1.54, 1.807) is 25.3 Å². The molecule has 3 fully saturated rings. The lowest BCUT2D eigenvalue weighted by molar-refractivity contribution is -0.142. The number of hydrogen-bond donors (Lipinski definition) is 2. The predicted octanol–water partition coefficient (Wildman–Crippen LogP) is 4.42. The number of carbonyl (C=O) groups excluding carboxylic acids is 3. The number of nitrogens with two attached hydrogens (primary N) is 2. The molecule has 6 rings (SSSR count). The number of alkyl halides is 3. The number of cyclic esters (lactones) is 1. The molecular weight excluding hydrogens is 589 g/mol. The molecule has 9 nitrogen and oxygen atoms in total. The molecule has 2 amide bonds. The van der Waals surface area contributed by atoms with Gasteiger partial charge in [0.1, 0.15) is 18.1 Å². The molecule has 1 aromatic carbocycles. The first-order valence-electron chi connectivity index (χ1n) is 16.2. The van der Waals surface area contributed by atoms with Crippen molar-refractivity contribution in [1.82, 2.24) is 9.05 Å². The smallest absolute Gasteiger partial charge is 0.357 e. The minimum absolute atomic E-state index is 0.00663. The number of nitrogens with zero attached hydrogens (tertiary/aromatic N) is 2. The molecule has 12 heteroatoms. The molecule has 0 spiro atoms. The van der Waals surface area contributed by atoms with Gasteiger partial charge in [-0.1, -0.05) is 0 Å². The second-order valence-corrected chi connectivity index (χ2v) is 13.6. The van der Waals surface area contributed by atoms with Crippen LogP contribution in [0.5, 0.6) is 0 Å². The van der Waals surface area contributed by atoms with Gasteiger partial charge in [-0.25, -0.2) is 27.2 Å². The minimum atomic E-state index is -2.08. The number of carbonyl (C=O) groups is 3. The molecule has 3 heterocycles. The maximum Gasteiger partial charge on any atom is 0.357 e. The normalized spacial score (nSPS) is 33.6. The highest BCUT2D eigenvalue weighted by Crippen LogP contribution is 2.49. The van der Waals surface area contributed by atoms with E-state index in [0.29, 0.717) is 55.2 Å². The zero-order chi connectivity index (χ0) is 32.1. The Bertz CT molecular complexity index is 1450. The fourth-order valence-corrected chi connectivity index (χ4v) is 9.08. The Balaban J connectivity index is 1.43. The Labute approximate surface area is 260 Å². The van der Waals surface area contributed by atoms with Gasteiger partial charge in [0.25, 0.3) is 5.91 Å². The van der Waals surface area contributed by atoms with Crippen LogP contribution < -0.4 is 16.0 Å². The number of halogens is 3. The van der Waals surface area contributed by atoms with Gasteiger partial charge in [0.2, 0.25) is 5.72 Å². The molecule has 0 bridgehead atoms. The van der Waals surface area contributed by atoms with Gasteiger partial charge >= 0.3 is 11.9 Å². The average Bonchev–Trinajstić information content (AvgIpc) is 3.74. The molecule has 2 saturated carbocycles.